The molecule has 0 spiro atoms. The summed E-state index contributed by atoms with van der Waals surface area (Å²) in [6, 6.07) is 0. The second-order valence-corrected chi connectivity index (χ2v) is 4.83. The third kappa shape index (κ3) is 25.9. The fourth-order valence-corrected chi connectivity index (χ4v) is 1.37. The van der Waals surface area contributed by atoms with Crippen LogP contribution in [-0.4, -0.2) is 57.2 Å². The first kappa shape index (κ1) is 54.3. The number of hydrogen-bond acceptors (Lipinski definition) is 14. The molecule has 0 fully saturated rings. The molecule has 3 radical (unpaired) electrons. The van der Waals surface area contributed by atoms with Crippen LogP contribution in [0.3, 0.4) is 0 Å². The van der Waals surface area contributed by atoms with Crippen molar-refractivity contribution in [3.63, 3.8) is 0 Å². The molecule has 0 atom stereocenters. The molecule has 2 N–H and O–H groups in total. The van der Waals surface area contributed by atoms with Gasteiger partial charge >= 0.3 is 140 Å². The Labute approximate surface area is 278 Å². The molecule has 0 heterocycles. The monoisotopic (exact) mass is 615 g/mol. The van der Waals surface area contributed by atoms with Crippen LogP contribution in [0.2, 0.25) is 0 Å². The Morgan fingerprint density at radius 3 is 0.656 bits per heavy atom. The normalized spacial score (nSPS) is 8.81. The zero-order valence-corrected chi connectivity index (χ0v) is 26.0. The molecule has 20 heteroatoms. The van der Waals surface area contributed by atoms with Crippen molar-refractivity contribution in [1.82, 2.24) is 0 Å². The molecule has 0 saturated heterocycles. The van der Waals surface area contributed by atoms with Crippen molar-refractivity contribution in [2.75, 3.05) is 0 Å². The van der Waals surface area contributed by atoms with Gasteiger partial charge in [-0.25, -0.2) is 0 Å². The van der Waals surface area contributed by atoms with Gasteiger partial charge in [-0.3, -0.25) is 0 Å². The number of aliphatic hydroxyl groups is 2. The molecule has 0 unspecified atom stereocenters. The third-order valence-corrected chi connectivity index (χ3v) is 2.51. The predicted octanol–water partition coefficient (Wildman–Crippen LogP) is -19.5. The molecule has 0 aromatic rings. The number of rotatable bonds is 10. The molecule has 169 valence electrons. The smallest absolute Gasteiger partial charge is 0.550 e. The minimum atomic E-state index is -2.97. The molecule has 0 bridgehead atoms. The zero-order chi connectivity index (χ0) is 21.3. The van der Waals surface area contributed by atoms with Crippen LogP contribution in [-0.2, 0) is 80.0 Å². The van der Waals surface area contributed by atoms with Gasteiger partial charge in [0.15, 0.2) is 0 Å². The van der Waals surface area contributed by atoms with Crippen molar-refractivity contribution in [1.29, 1.82) is 0 Å². The Bertz CT molecular complexity index is 535. The second kappa shape index (κ2) is 25.4. The van der Waals surface area contributed by atoms with Crippen LogP contribution in [0.1, 0.15) is 25.7 Å². The molecular formula is C12H10Fe3Na3O14. The van der Waals surface area contributed by atoms with Crippen molar-refractivity contribution in [2.45, 2.75) is 36.9 Å². The average molecular weight is 615 g/mol. The van der Waals surface area contributed by atoms with Crippen molar-refractivity contribution in [3.05, 3.63) is 0 Å². The van der Waals surface area contributed by atoms with Crippen LogP contribution in [0.5, 0.6) is 0 Å². The third-order valence-electron chi connectivity index (χ3n) is 2.51. The van der Waals surface area contributed by atoms with E-state index in [4.69, 9.17) is 10.2 Å². The first-order chi connectivity index (χ1) is 11.6. The van der Waals surface area contributed by atoms with Gasteiger partial charge in [0.05, 0.1) is 11.9 Å². The van der Waals surface area contributed by atoms with E-state index < -0.39 is 72.7 Å². The van der Waals surface area contributed by atoms with Gasteiger partial charge in [-0.1, -0.05) is 0 Å². The fraction of sp³-hybridized carbons (Fsp3) is 0.500. The van der Waals surface area contributed by atoms with E-state index in [-0.39, 0.29) is 140 Å². The van der Waals surface area contributed by atoms with E-state index in [2.05, 4.69) is 0 Å². The molecule has 0 rings (SSSR count). The van der Waals surface area contributed by atoms with Crippen molar-refractivity contribution >= 4 is 35.8 Å². The Morgan fingerprint density at radius 2 is 0.594 bits per heavy atom. The van der Waals surface area contributed by atoms with E-state index in [0.717, 1.165) is 0 Å². The summed E-state index contributed by atoms with van der Waals surface area (Å²) in [6.45, 7) is 0. The number of carbonyl (C=O) groups is 6. The quantitative estimate of drug-likeness (QED) is 0.216. The van der Waals surface area contributed by atoms with Crippen LogP contribution in [0.25, 0.3) is 0 Å². The maximum absolute atomic E-state index is 10.1. The van der Waals surface area contributed by atoms with Crippen LogP contribution in [0, 0.1) is 0 Å². The first-order valence-corrected chi connectivity index (χ1v) is 6.23. The Balaban J connectivity index is -0.0000000505. The van der Waals surface area contributed by atoms with E-state index >= 15 is 0 Å². The van der Waals surface area contributed by atoms with Crippen LogP contribution >= 0.6 is 0 Å². The van der Waals surface area contributed by atoms with Gasteiger partial charge in [-0.2, -0.15) is 0 Å². The number of aliphatic carboxylic acids is 6. The van der Waals surface area contributed by atoms with Crippen molar-refractivity contribution in [3.8, 4) is 0 Å². The van der Waals surface area contributed by atoms with Crippen molar-refractivity contribution < 1.29 is 209 Å². The minimum Gasteiger partial charge on any atom is -0.550 e. The molecule has 32 heavy (non-hydrogen) atoms. The summed E-state index contributed by atoms with van der Waals surface area (Å²) >= 11 is 0. The fourth-order valence-electron chi connectivity index (χ4n) is 1.37. The Hall–Kier alpha value is 1.30. The molecule has 14 nitrogen and oxygen atoms in total. The molecule has 0 saturated carbocycles. The summed E-state index contributed by atoms with van der Waals surface area (Å²) in [7, 11) is 0. The number of hydrogen-bond donors (Lipinski definition) is 2. The second-order valence-electron chi connectivity index (χ2n) is 4.83. The number of carbonyl (C=O) groups excluding carboxylic acids is 6. The SMILES string of the molecule is O=C([O-])CC(O)(CC(=O)[O-])C(=O)[O-].O=C([O-])CC(O)(CC(=O)[O-])C(=O)[O-].[Fe+].[Fe+].[Fe+].[Na+].[Na+].[Na+]. The summed E-state index contributed by atoms with van der Waals surface area (Å²) in [6.07, 6.45) is -5.43. The number of carboxylic acids is 6. The minimum absolute atomic E-state index is 0. The van der Waals surface area contributed by atoms with Crippen LogP contribution < -0.4 is 119 Å². The molecule has 0 aromatic heterocycles. The predicted molar refractivity (Wildman–Crippen MR) is 58.4 cm³/mol. The zero-order valence-electron chi connectivity index (χ0n) is 16.7. The topological polar surface area (TPSA) is 281 Å². The van der Waals surface area contributed by atoms with Crippen molar-refractivity contribution in [2.24, 2.45) is 0 Å². The van der Waals surface area contributed by atoms with Gasteiger partial charge in [-0.05, 0) is 0 Å². The molecular weight excluding hydrogens is 605 g/mol. The summed E-state index contributed by atoms with van der Waals surface area (Å²) < 4.78 is 0. The van der Waals surface area contributed by atoms with Gasteiger partial charge in [-0.15, -0.1) is 0 Å². The summed E-state index contributed by atoms with van der Waals surface area (Å²) in [5.41, 5.74) is -5.95. The number of carboxylic acid groups (broad SMARTS) is 6. The van der Waals surface area contributed by atoms with Gasteiger partial charge in [0, 0.05) is 49.6 Å². The summed E-state index contributed by atoms with van der Waals surface area (Å²) in [5.74, 6) is -12.0. The van der Waals surface area contributed by atoms with Gasteiger partial charge in [0.25, 0.3) is 0 Å². The Morgan fingerprint density at radius 1 is 0.469 bits per heavy atom. The average Bonchev–Trinajstić information content (AvgIpc) is 2.34. The molecule has 0 aliphatic carbocycles. The maximum atomic E-state index is 10.1. The largest absolute Gasteiger partial charge is 1.00 e. The van der Waals surface area contributed by atoms with Gasteiger partial charge in [0.2, 0.25) is 0 Å². The molecule has 0 aliphatic rings. The standard InChI is InChI=1S/2C6H8O7.3Fe.3Na/c2*7-3(8)1-6(13,5(11)12)2-4(9)10;;;;;;/h2*13H,1-2H2,(H,7,8)(H,9,10)(H,11,12);;;;;;/q;;6*+1/p-6. The van der Waals surface area contributed by atoms with E-state index in [1.165, 1.54) is 0 Å². The Kier molecular flexibility index (Phi) is 43.1. The molecule has 0 aromatic carbocycles. The first-order valence-electron chi connectivity index (χ1n) is 6.23. The van der Waals surface area contributed by atoms with E-state index in [0.29, 0.717) is 0 Å². The van der Waals surface area contributed by atoms with E-state index in [9.17, 15) is 59.4 Å². The summed E-state index contributed by atoms with van der Waals surface area (Å²) in [4.78, 5) is 60.0. The van der Waals surface area contributed by atoms with Crippen LogP contribution in [0.4, 0.5) is 0 Å². The molecule has 0 aliphatic heterocycles. The van der Waals surface area contributed by atoms with Gasteiger partial charge in [0.1, 0.15) is 11.2 Å². The maximum Gasteiger partial charge on any atom is 1.00 e. The van der Waals surface area contributed by atoms with Gasteiger partial charge < -0.3 is 69.6 Å². The molecule has 0 amide bonds. The van der Waals surface area contributed by atoms with Crippen LogP contribution in [0.15, 0.2) is 0 Å². The van der Waals surface area contributed by atoms with E-state index in [1.807, 2.05) is 0 Å². The summed E-state index contributed by atoms with van der Waals surface area (Å²) in [5, 5.41) is 77.9. The van der Waals surface area contributed by atoms with E-state index in [1.54, 1.807) is 0 Å².